The fraction of sp³-hybridized carbons (Fsp3) is 0.467. The van der Waals surface area contributed by atoms with Crippen LogP contribution in [0.1, 0.15) is 23.7 Å². The van der Waals surface area contributed by atoms with Crippen LogP contribution in [0.2, 0.25) is 0 Å². The highest BCUT2D eigenvalue weighted by Gasteiger charge is 2.21. The standard InChI is InChI=1S/C15H16ClN3S2/c1-10(16)15-18-13-3-2-11(7-17)6-14(13)19(15)8-12-9-20-4-5-21-12/h2-3,6,10,12H,4-5,8-9H2,1H3. The lowest BCUT2D eigenvalue weighted by atomic mass is 10.2. The Kier molecular flexibility index (Phi) is 4.68. The van der Waals surface area contributed by atoms with Crippen molar-refractivity contribution in [3.63, 3.8) is 0 Å². The van der Waals surface area contributed by atoms with Crippen LogP contribution in [0.25, 0.3) is 11.0 Å². The molecular weight excluding hydrogens is 322 g/mol. The summed E-state index contributed by atoms with van der Waals surface area (Å²) in [5.74, 6) is 4.51. The second-order valence-electron chi connectivity index (χ2n) is 5.08. The van der Waals surface area contributed by atoms with Gasteiger partial charge in [0.05, 0.1) is 28.0 Å². The van der Waals surface area contributed by atoms with Gasteiger partial charge in [-0.05, 0) is 25.1 Å². The van der Waals surface area contributed by atoms with Crippen LogP contribution in [0.5, 0.6) is 0 Å². The number of benzene rings is 1. The molecule has 0 saturated carbocycles. The zero-order valence-corrected chi connectivity index (χ0v) is 14.1. The number of aromatic nitrogens is 2. The SMILES string of the molecule is CC(Cl)c1nc2ccc(C#N)cc2n1CC1CSCCS1. The number of nitriles is 1. The number of hydrogen-bond acceptors (Lipinski definition) is 4. The van der Waals surface area contributed by atoms with E-state index in [1.807, 2.05) is 48.6 Å². The number of rotatable bonds is 3. The third kappa shape index (κ3) is 3.18. The van der Waals surface area contributed by atoms with Gasteiger partial charge < -0.3 is 4.57 Å². The van der Waals surface area contributed by atoms with Crippen molar-refractivity contribution in [2.45, 2.75) is 24.1 Å². The van der Waals surface area contributed by atoms with E-state index in [2.05, 4.69) is 15.6 Å². The lowest BCUT2D eigenvalue weighted by molar-refractivity contribution is 0.667. The summed E-state index contributed by atoms with van der Waals surface area (Å²) < 4.78 is 2.21. The molecule has 0 spiro atoms. The molecule has 1 aromatic carbocycles. The molecule has 110 valence electrons. The van der Waals surface area contributed by atoms with Crippen LogP contribution < -0.4 is 0 Å². The molecule has 6 heteroatoms. The summed E-state index contributed by atoms with van der Waals surface area (Å²) in [6.07, 6.45) is 0. The Labute approximate surface area is 138 Å². The average molecular weight is 338 g/mol. The minimum Gasteiger partial charge on any atom is -0.326 e. The summed E-state index contributed by atoms with van der Waals surface area (Å²) in [7, 11) is 0. The molecular formula is C15H16ClN3S2. The zero-order valence-electron chi connectivity index (χ0n) is 11.8. The molecule has 0 radical (unpaired) electrons. The molecule has 2 unspecified atom stereocenters. The van der Waals surface area contributed by atoms with Gasteiger partial charge in [-0.1, -0.05) is 0 Å². The van der Waals surface area contributed by atoms with E-state index in [1.165, 1.54) is 17.3 Å². The number of nitrogens with zero attached hydrogens (tertiary/aromatic N) is 3. The molecule has 0 aliphatic carbocycles. The first-order valence-electron chi connectivity index (χ1n) is 6.92. The molecule has 2 heterocycles. The molecule has 0 amide bonds. The predicted octanol–water partition coefficient (Wildman–Crippen LogP) is 4.06. The molecule has 2 atom stereocenters. The molecule has 0 bridgehead atoms. The fourth-order valence-electron chi connectivity index (χ4n) is 2.55. The van der Waals surface area contributed by atoms with Crippen LogP contribution in [-0.2, 0) is 6.54 Å². The lowest BCUT2D eigenvalue weighted by Gasteiger charge is -2.23. The van der Waals surface area contributed by atoms with Gasteiger partial charge in [-0.2, -0.15) is 28.8 Å². The van der Waals surface area contributed by atoms with Crippen LogP contribution in [0.3, 0.4) is 0 Å². The number of halogens is 1. The van der Waals surface area contributed by atoms with Crippen LogP contribution in [-0.4, -0.2) is 32.1 Å². The van der Waals surface area contributed by atoms with Gasteiger partial charge >= 0.3 is 0 Å². The normalized spacial score (nSPS) is 20.3. The molecule has 1 aliphatic rings. The Morgan fingerprint density at radius 1 is 1.52 bits per heavy atom. The predicted molar refractivity (Wildman–Crippen MR) is 92.3 cm³/mol. The first-order valence-corrected chi connectivity index (χ1v) is 9.56. The summed E-state index contributed by atoms with van der Waals surface area (Å²) in [5, 5.41) is 9.56. The Morgan fingerprint density at radius 3 is 3.05 bits per heavy atom. The molecule has 1 saturated heterocycles. The minimum atomic E-state index is -0.135. The Morgan fingerprint density at radius 2 is 2.38 bits per heavy atom. The van der Waals surface area contributed by atoms with E-state index < -0.39 is 0 Å². The summed E-state index contributed by atoms with van der Waals surface area (Å²) in [6.45, 7) is 2.86. The van der Waals surface area contributed by atoms with Crippen molar-refractivity contribution in [3.05, 3.63) is 29.6 Å². The molecule has 21 heavy (non-hydrogen) atoms. The smallest absolute Gasteiger partial charge is 0.127 e. The third-order valence-corrected chi connectivity index (χ3v) is 6.56. The van der Waals surface area contributed by atoms with Crippen molar-refractivity contribution < 1.29 is 0 Å². The largest absolute Gasteiger partial charge is 0.326 e. The molecule has 3 nitrogen and oxygen atoms in total. The zero-order chi connectivity index (χ0) is 14.8. The van der Waals surface area contributed by atoms with Crippen molar-refractivity contribution in [1.29, 1.82) is 5.26 Å². The monoisotopic (exact) mass is 337 g/mol. The highest BCUT2D eigenvalue weighted by molar-refractivity contribution is 8.06. The molecule has 1 aliphatic heterocycles. The molecule has 2 aromatic rings. The summed E-state index contributed by atoms with van der Waals surface area (Å²) in [4.78, 5) is 4.66. The first kappa shape index (κ1) is 15.1. The van der Waals surface area contributed by atoms with Gasteiger partial charge in [0.15, 0.2) is 0 Å². The topological polar surface area (TPSA) is 41.6 Å². The maximum Gasteiger partial charge on any atom is 0.127 e. The van der Waals surface area contributed by atoms with Gasteiger partial charge in [-0.25, -0.2) is 4.98 Å². The maximum absolute atomic E-state index is 9.11. The van der Waals surface area contributed by atoms with Crippen molar-refractivity contribution in [1.82, 2.24) is 9.55 Å². The van der Waals surface area contributed by atoms with E-state index in [4.69, 9.17) is 16.9 Å². The fourth-order valence-corrected chi connectivity index (χ4v) is 5.37. The summed E-state index contributed by atoms with van der Waals surface area (Å²) >= 11 is 10.3. The lowest BCUT2D eigenvalue weighted by Crippen LogP contribution is -2.21. The third-order valence-electron chi connectivity index (χ3n) is 3.53. The Hall–Kier alpha value is -0.830. The van der Waals surface area contributed by atoms with Crippen LogP contribution >= 0.6 is 35.1 Å². The quantitative estimate of drug-likeness (QED) is 0.792. The number of fused-ring (bicyclic) bond motifs is 1. The summed E-state index contributed by atoms with van der Waals surface area (Å²) in [5.41, 5.74) is 2.61. The van der Waals surface area contributed by atoms with Gasteiger partial charge in [0.25, 0.3) is 0 Å². The number of hydrogen-bond donors (Lipinski definition) is 0. The Bertz CT molecular complexity index is 684. The van der Waals surface area contributed by atoms with Crippen molar-refractivity contribution in [2.24, 2.45) is 0 Å². The maximum atomic E-state index is 9.11. The van der Waals surface area contributed by atoms with Gasteiger partial charge in [0.1, 0.15) is 5.82 Å². The van der Waals surface area contributed by atoms with E-state index in [-0.39, 0.29) is 5.38 Å². The van der Waals surface area contributed by atoms with Gasteiger partial charge in [0, 0.05) is 29.1 Å². The van der Waals surface area contributed by atoms with Crippen LogP contribution in [0.4, 0.5) is 0 Å². The van der Waals surface area contributed by atoms with Gasteiger partial charge in [0.2, 0.25) is 0 Å². The highest BCUT2D eigenvalue weighted by Crippen LogP contribution is 2.30. The number of thioether (sulfide) groups is 2. The second kappa shape index (κ2) is 6.51. The van der Waals surface area contributed by atoms with Gasteiger partial charge in [-0.3, -0.25) is 0 Å². The first-order chi connectivity index (χ1) is 10.2. The van der Waals surface area contributed by atoms with Crippen molar-refractivity contribution in [2.75, 3.05) is 17.3 Å². The van der Waals surface area contributed by atoms with E-state index in [0.29, 0.717) is 10.8 Å². The number of imidazole rings is 1. The van der Waals surface area contributed by atoms with E-state index in [0.717, 1.165) is 23.4 Å². The number of alkyl halides is 1. The molecule has 1 aromatic heterocycles. The van der Waals surface area contributed by atoms with E-state index in [1.54, 1.807) is 0 Å². The summed E-state index contributed by atoms with van der Waals surface area (Å²) in [6, 6.07) is 7.85. The van der Waals surface area contributed by atoms with Crippen LogP contribution in [0.15, 0.2) is 18.2 Å². The van der Waals surface area contributed by atoms with E-state index in [9.17, 15) is 0 Å². The average Bonchev–Trinajstić information content (AvgIpc) is 2.86. The van der Waals surface area contributed by atoms with E-state index >= 15 is 0 Å². The minimum absolute atomic E-state index is 0.135. The van der Waals surface area contributed by atoms with Crippen molar-refractivity contribution >= 4 is 46.2 Å². The van der Waals surface area contributed by atoms with Crippen LogP contribution in [0, 0.1) is 11.3 Å². The van der Waals surface area contributed by atoms with Crippen molar-refractivity contribution in [3.8, 4) is 6.07 Å². The second-order valence-corrected chi connectivity index (χ2v) is 8.29. The molecule has 3 rings (SSSR count). The molecule has 1 fully saturated rings. The molecule has 0 N–H and O–H groups in total. The van der Waals surface area contributed by atoms with Gasteiger partial charge in [-0.15, -0.1) is 11.6 Å². The highest BCUT2D eigenvalue weighted by atomic mass is 35.5. The Balaban J connectivity index is 2.03.